The first-order chi connectivity index (χ1) is 13.7. The van der Waals surface area contributed by atoms with Gasteiger partial charge in [0.15, 0.2) is 6.61 Å². The van der Waals surface area contributed by atoms with Crippen LogP contribution in [0.3, 0.4) is 0 Å². The average molecular weight is 424 g/mol. The van der Waals surface area contributed by atoms with Gasteiger partial charge in [-0.25, -0.2) is 4.79 Å². The first-order valence-corrected chi connectivity index (χ1v) is 10.2. The van der Waals surface area contributed by atoms with E-state index in [1.165, 1.54) is 11.3 Å². The Kier molecular flexibility index (Phi) is 7.89. The van der Waals surface area contributed by atoms with Gasteiger partial charge in [-0.1, -0.05) is 13.8 Å². The summed E-state index contributed by atoms with van der Waals surface area (Å²) >= 11 is 1.19. The molecule has 0 atom stereocenters. The molecule has 1 N–H and O–H groups in total. The van der Waals surface area contributed by atoms with Crippen molar-refractivity contribution < 1.29 is 33.4 Å². The van der Waals surface area contributed by atoms with Gasteiger partial charge in [-0.2, -0.15) is 0 Å². The predicted octanol–water partition coefficient (Wildman–Crippen LogP) is 1.75. The standard InChI is InChI=1S/C19H24N2O7S/c1-4-27-19(26)17-12(7-11(2)3)10-29-18(17)20-13(22)9-28-16(25)8-21-14(23)5-6-15(21)24/h10-11H,4-9H2,1-3H3,(H,20,22). The Labute approximate surface area is 172 Å². The molecule has 9 nitrogen and oxygen atoms in total. The molecule has 1 aromatic rings. The summed E-state index contributed by atoms with van der Waals surface area (Å²) in [6.45, 7) is 4.81. The number of nitrogens with one attached hydrogen (secondary N) is 1. The number of likely N-dealkylation sites (tertiary alicyclic amines) is 1. The normalized spacial score (nSPS) is 13.7. The van der Waals surface area contributed by atoms with Crippen molar-refractivity contribution in [2.75, 3.05) is 25.1 Å². The SMILES string of the molecule is CCOC(=O)c1c(CC(C)C)csc1NC(=O)COC(=O)CN1C(=O)CCC1=O. The monoisotopic (exact) mass is 424 g/mol. The highest BCUT2D eigenvalue weighted by Gasteiger charge is 2.31. The van der Waals surface area contributed by atoms with Crippen LogP contribution >= 0.6 is 11.3 Å². The lowest BCUT2D eigenvalue weighted by Crippen LogP contribution is -2.36. The fourth-order valence-electron chi connectivity index (χ4n) is 2.79. The molecular formula is C19H24N2O7S. The molecule has 10 heteroatoms. The van der Waals surface area contributed by atoms with Gasteiger partial charge in [-0.3, -0.25) is 24.1 Å². The second-order valence-electron chi connectivity index (χ2n) is 6.87. The quantitative estimate of drug-likeness (QED) is 0.474. The number of carbonyl (C=O) groups excluding carboxylic acids is 5. The summed E-state index contributed by atoms with van der Waals surface area (Å²) < 4.78 is 9.93. The lowest BCUT2D eigenvalue weighted by atomic mass is 10.0. The fourth-order valence-corrected chi connectivity index (χ4v) is 3.76. The van der Waals surface area contributed by atoms with Gasteiger partial charge in [0, 0.05) is 12.8 Å². The molecule has 3 amide bonds. The minimum Gasteiger partial charge on any atom is -0.462 e. The number of esters is 2. The van der Waals surface area contributed by atoms with Crippen LogP contribution in [0.1, 0.15) is 49.5 Å². The molecule has 1 aromatic heterocycles. The second-order valence-corrected chi connectivity index (χ2v) is 7.75. The Hall–Kier alpha value is -2.75. The number of imide groups is 1. The van der Waals surface area contributed by atoms with E-state index in [0.717, 1.165) is 10.5 Å². The molecule has 0 aliphatic carbocycles. The van der Waals surface area contributed by atoms with Crippen molar-refractivity contribution in [1.29, 1.82) is 0 Å². The minimum atomic E-state index is -0.860. The van der Waals surface area contributed by atoms with Crippen molar-refractivity contribution in [2.24, 2.45) is 5.92 Å². The lowest BCUT2D eigenvalue weighted by Gasteiger charge is -2.13. The van der Waals surface area contributed by atoms with Gasteiger partial charge in [0.2, 0.25) is 11.8 Å². The van der Waals surface area contributed by atoms with Crippen LogP contribution in [0.4, 0.5) is 5.00 Å². The van der Waals surface area contributed by atoms with Crippen LogP contribution in [-0.4, -0.2) is 54.3 Å². The molecule has 1 aliphatic heterocycles. The third-order valence-electron chi connectivity index (χ3n) is 4.03. The Balaban J connectivity index is 1.96. The van der Waals surface area contributed by atoms with E-state index in [4.69, 9.17) is 9.47 Å². The van der Waals surface area contributed by atoms with Crippen molar-refractivity contribution in [2.45, 2.75) is 40.0 Å². The molecule has 0 spiro atoms. The van der Waals surface area contributed by atoms with E-state index in [1.807, 2.05) is 13.8 Å². The number of ether oxygens (including phenoxy) is 2. The van der Waals surface area contributed by atoms with Gasteiger partial charge in [-0.05, 0) is 30.2 Å². The molecule has 1 fully saturated rings. The maximum atomic E-state index is 12.3. The zero-order valence-electron chi connectivity index (χ0n) is 16.6. The number of anilines is 1. The van der Waals surface area contributed by atoms with Gasteiger partial charge >= 0.3 is 11.9 Å². The topological polar surface area (TPSA) is 119 Å². The van der Waals surface area contributed by atoms with Crippen LogP contribution in [0.5, 0.6) is 0 Å². The summed E-state index contributed by atoms with van der Waals surface area (Å²) in [7, 11) is 0. The third kappa shape index (κ3) is 6.11. The van der Waals surface area contributed by atoms with Gasteiger partial charge in [0.1, 0.15) is 11.5 Å². The summed E-state index contributed by atoms with van der Waals surface area (Å²) in [5, 5.41) is 4.68. The predicted molar refractivity (Wildman–Crippen MR) is 104 cm³/mol. The van der Waals surface area contributed by atoms with Gasteiger partial charge in [0.25, 0.3) is 5.91 Å². The molecule has 0 aromatic carbocycles. The molecule has 0 saturated carbocycles. The number of hydrogen-bond donors (Lipinski definition) is 1. The molecule has 158 valence electrons. The van der Waals surface area contributed by atoms with E-state index in [0.29, 0.717) is 22.9 Å². The van der Waals surface area contributed by atoms with E-state index in [1.54, 1.807) is 12.3 Å². The molecule has 0 radical (unpaired) electrons. The van der Waals surface area contributed by atoms with E-state index in [-0.39, 0.29) is 19.4 Å². The highest BCUT2D eigenvalue weighted by Crippen LogP contribution is 2.31. The fraction of sp³-hybridized carbons (Fsp3) is 0.526. The molecule has 1 saturated heterocycles. The molecule has 29 heavy (non-hydrogen) atoms. The Morgan fingerprint density at radius 1 is 1.17 bits per heavy atom. The maximum Gasteiger partial charge on any atom is 0.341 e. The van der Waals surface area contributed by atoms with E-state index in [9.17, 15) is 24.0 Å². The van der Waals surface area contributed by atoms with Crippen LogP contribution in [0.2, 0.25) is 0 Å². The number of nitrogens with zero attached hydrogens (tertiary/aromatic N) is 1. The van der Waals surface area contributed by atoms with Crippen LogP contribution in [-0.2, 0) is 35.1 Å². The summed E-state index contributed by atoms with van der Waals surface area (Å²) in [5.41, 5.74) is 1.08. The Morgan fingerprint density at radius 2 is 1.83 bits per heavy atom. The molecule has 2 rings (SSSR count). The van der Waals surface area contributed by atoms with Crippen molar-refractivity contribution in [3.05, 3.63) is 16.5 Å². The summed E-state index contributed by atoms with van der Waals surface area (Å²) in [6.07, 6.45) is 0.786. The summed E-state index contributed by atoms with van der Waals surface area (Å²) in [5.74, 6) is -2.60. The lowest BCUT2D eigenvalue weighted by molar-refractivity contribution is -0.153. The van der Waals surface area contributed by atoms with Crippen LogP contribution < -0.4 is 5.32 Å². The van der Waals surface area contributed by atoms with E-state index >= 15 is 0 Å². The second kappa shape index (κ2) is 10.1. The van der Waals surface area contributed by atoms with Gasteiger partial charge in [-0.15, -0.1) is 11.3 Å². The third-order valence-corrected chi connectivity index (χ3v) is 4.98. The number of thiophene rings is 1. The van der Waals surface area contributed by atoms with Crippen LogP contribution in [0.15, 0.2) is 5.38 Å². The van der Waals surface area contributed by atoms with Crippen molar-refractivity contribution in [3.8, 4) is 0 Å². The van der Waals surface area contributed by atoms with Crippen molar-refractivity contribution in [3.63, 3.8) is 0 Å². The van der Waals surface area contributed by atoms with Crippen LogP contribution in [0, 0.1) is 5.92 Å². The number of hydrogen-bond acceptors (Lipinski definition) is 8. The summed E-state index contributed by atoms with van der Waals surface area (Å²) in [6, 6.07) is 0. The Morgan fingerprint density at radius 3 is 2.41 bits per heavy atom. The van der Waals surface area contributed by atoms with Gasteiger partial charge in [0.05, 0.1) is 12.2 Å². The zero-order chi connectivity index (χ0) is 21.6. The molecule has 2 heterocycles. The molecule has 1 aliphatic rings. The first kappa shape index (κ1) is 22.5. The minimum absolute atomic E-state index is 0.0698. The smallest absolute Gasteiger partial charge is 0.341 e. The van der Waals surface area contributed by atoms with Crippen molar-refractivity contribution in [1.82, 2.24) is 4.90 Å². The molecule has 0 unspecified atom stereocenters. The highest BCUT2D eigenvalue weighted by molar-refractivity contribution is 7.15. The summed E-state index contributed by atoms with van der Waals surface area (Å²) in [4.78, 5) is 60.1. The number of rotatable bonds is 9. The van der Waals surface area contributed by atoms with Crippen LogP contribution in [0.25, 0.3) is 0 Å². The Bertz CT molecular complexity index is 799. The average Bonchev–Trinajstić information content (AvgIpc) is 3.17. The molecule has 0 bridgehead atoms. The van der Waals surface area contributed by atoms with E-state index < -0.39 is 42.8 Å². The number of amides is 3. The maximum absolute atomic E-state index is 12.3. The molecular weight excluding hydrogens is 400 g/mol. The van der Waals surface area contributed by atoms with E-state index in [2.05, 4.69) is 5.32 Å². The van der Waals surface area contributed by atoms with Gasteiger partial charge < -0.3 is 14.8 Å². The van der Waals surface area contributed by atoms with Crippen molar-refractivity contribution >= 4 is 46.0 Å². The first-order valence-electron chi connectivity index (χ1n) is 9.29. The highest BCUT2D eigenvalue weighted by atomic mass is 32.1. The number of carbonyl (C=O) groups is 5. The zero-order valence-corrected chi connectivity index (χ0v) is 17.4. The largest absolute Gasteiger partial charge is 0.462 e.